The molecule has 0 bridgehead atoms. The molecule has 0 N–H and O–H groups in total. The molecule has 2 heterocycles. The summed E-state index contributed by atoms with van der Waals surface area (Å²) < 4.78 is 0. The molecular formula is C17H13NO2S. The van der Waals surface area contributed by atoms with Crippen LogP contribution in [0.1, 0.15) is 38.7 Å². The van der Waals surface area contributed by atoms with Crippen molar-refractivity contribution >= 4 is 23.5 Å². The maximum atomic E-state index is 12.6. The van der Waals surface area contributed by atoms with Crippen molar-refractivity contribution in [2.75, 3.05) is 5.88 Å². The molecule has 2 aromatic carbocycles. The molecule has 0 spiro atoms. The minimum Gasteiger partial charge on any atom is -0.322 e. The molecule has 1 amide bonds. The molecule has 2 aliphatic heterocycles. The number of ketones is 1. The van der Waals surface area contributed by atoms with Crippen molar-refractivity contribution in [1.29, 1.82) is 0 Å². The third-order valence-electron chi connectivity index (χ3n) is 4.11. The number of carbonyl (C=O) groups is 2. The molecular weight excluding hydrogens is 282 g/mol. The lowest BCUT2D eigenvalue weighted by Gasteiger charge is -2.27. The van der Waals surface area contributed by atoms with Gasteiger partial charge in [0.05, 0.1) is 11.9 Å². The van der Waals surface area contributed by atoms with Crippen LogP contribution in [0.5, 0.6) is 0 Å². The molecule has 3 nitrogen and oxygen atoms in total. The van der Waals surface area contributed by atoms with E-state index in [1.54, 1.807) is 11.8 Å². The van der Waals surface area contributed by atoms with Crippen LogP contribution in [0, 0.1) is 0 Å². The second kappa shape index (κ2) is 4.74. The zero-order chi connectivity index (χ0) is 14.4. The highest BCUT2D eigenvalue weighted by Crippen LogP contribution is 2.41. The quantitative estimate of drug-likeness (QED) is 0.746. The van der Waals surface area contributed by atoms with Gasteiger partial charge in [-0.3, -0.25) is 9.59 Å². The average molecular weight is 295 g/mol. The molecule has 4 heteroatoms. The van der Waals surface area contributed by atoms with Crippen molar-refractivity contribution in [3.63, 3.8) is 0 Å². The summed E-state index contributed by atoms with van der Waals surface area (Å²) in [6, 6.07) is 15.1. The zero-order valence-electron chi connectivity index (χ0n) is 11.3. The van der Waals surface area contributed by atoms with E-state index in [-0.39, 0.29) is 17.7 Å². The van der Waals surface area contributed by atoms with Gasteiger partial charge in [0.2, 0.25) is 0 Å². The summed E-state index contributed by atoms with van der Waals surface area (Å²) in [5.41, 5.74) is 2.50. The zero-order valence-corrected chi connectivity index (χ0v) is 12.1. The van der Waals surface area contributed by atoms with Gasteiger partial charge in [-0.2, -0.15) is 0 Å². The molecule has 0 saturated heterocycles. The monoisotopic (exact) mass is 295 g/mol. The number of Topliss-reactive ketones (excluding diaryl/α,β-unsaturated/α-hetero) is 1. The Kier molecular flexibility index (Phi) is 2.86. The van der Waals surface area contributed by atoms with Crippen LogP contribution >= 0.6 is 11.8 Å². The van der Waals surface area contributed by atoms with E-state index in [0.717, 1.165) is 21.6 Å². The first kappa shape index (κ1) is 12.7. The molecule has 1 unspecified atom stereocenters. The molecule has 1 atom stereocenters. The Bertz CT molecular complexity index is 756. The molecule has 0 aromatic heterocycles. The van der Waals surface area contributed by atoms with Crippen LogP contribution in [0.2, 0.25) is 0 Å². The number of thioether (sulfide) groups is 1. The smallest absolute Gasteiger partial charge is 0.255 e. The summed E-state index contributed by atoms with van der Waals surface area (Å²) in [4.78, 5) is 27.9. The van der Waals surface area contributed by atoms with Gasteiger partial charge in [-0.1, -0.05) is 36.4 Å². The molecule has 0 fully saturated rings. The van der Waals surface area contributed by atoms with Crippen LogP contribution in [-0.4, -0.2) is 22.5 Å². The van der Waals surface area contributed by atoms with E-state index >= 15 is 0 Å². The fraction of sp³-hybridized carbons (Fsp3) is 0.176. The van der Waals surface area contributed by atoms with Gasteiger partial charge in [-0.15, -0.1) is 11.8 Å². The van der Waals surface area contributed by atoms with Gasteiger partial charge < -0.3 is 4.90 Å². The lowest BCUT2D eigenvalue weighted by Crippen LogP contribution is -2.30. The molecule has 2 aliphatic rings. The van der Waals surface area contributed by atoms with Crippen molar-refractivity contribution in [1.82, 2.24) is 4.90 Å². The molecule has 21 heavy (non-hydrogen) atoms. The summed E-state index contributed by atoms with van der Waals surface area (Å²) >= 11 is 1.56. The van der Waals surface area contributed by atoms with E-state index in [2.05, 4.69) is 0 Å². The number of nitrogens with zero attached hydrogens (tertiary/aromatic N) is 1. The number of hydrogen-bond acceptors (Lipinski definition) is 3. The number of carbonyl (C=O) groups excluding carboxylic acids is 2. The average Bonchev–Trinajstić information content (AvgIpc) is 2.76. The van der Waals surface area contributed by atoms with E-state index in [9.17, 15) is 9.59 Å². The van der Waals surface area contributed by atoms with Crippen LogP contribution in [-0.2, 0) is 0 Å². The van der Waals surface area contributed by atoms with Crippen molar-refractivity contribution in [2.24, 2.45) is 0 Å². The second-order valence-corrected chi connectivity index (χ2v) is 6.26. The first-order valence-corrected chi connectivity index (χ1v) is 7.89. The van der Waals surface area contributed by atoms with Crippen molar-refractivity contribution in [3.8, 4) is 0 Å². The maximum absolute atomic E-state index is 12.6. The van der Waals surface area contributed by atoms with Crippen LogP contribution in [0.25, 0.3) is 0 Å². The van der Waals surface area contributed by atoms with E-state index in [1.807, 2.05) is 53.4 Å². The van der Waals surface area contributed by atoms with E-state index in [0.29, 0.717) is 12.3 Å². The van der Waals surface area contributed by atoms with Crippen LogP contribution < -0.4 is 0 Å². The third kappa shape index (κ3) is 1.90. The molecule has 0 radical (unpaired) electrons. The lowest BCUT2D eigenvalue weighted by molar-refractivity contribution is 0.0738. The second-order valence-electron chi connectivity index (χ2n) is 5.27. The van der Waals surface area contributed by atoms with Gasteiger partial charge in [-0.25, -0.2) is 0 Å². The highest BCUT2D eigenvalue weighted by Gasteiger charge is 2.38. The Morgan fingerprint density at radius 1 is 0.952 bits per heavy atom. The summed E-state index contributed by atoms with van der Waals surface area (Å²) in [7, 11) is 0. The predicted octanol–water partition coefficient (Wildman–Crippen LogP) is 3.52. The summed E-state index contributed by atoms with van der Waals surface area (Å²) in [6.07, 6.45) is 0.361. The van der Waals surface area contributed by atoms with Gasteiger partial charge in [0, 0.05) is 22.4 Å². The highest BCUT2D eigenvalue weighted by atomic mass is 32.2. The van der Waals surface area contributed by atoms with Crippen molar-refractivity contribution < 1.29 is 9.59 Å². The minimum absolute atomic E-state index is 0.0373. The van der Waals surface area contributed by atoms with Crippen LogP contribution in [0.4, 0.5) is 0 Å². The summed E-state index contributed by atoms with van der Waals surface area (Å²) in [5, 5.41) is 0. The molecule has 2 aromatic rings. The fourth-order valence-corrected chi connectivity index (χ4v) is 4.15. The van der Waals surface area contributed by atoms with Gasteiger partial charge in [0.15, 0.2) is 5.78 Å². The number of hydrogen-bond donors (Lipinski definition) is 0. The van der Waals surface area contributed by atoms with E-state index in [1.165, 1.54) is 0 Å². The Morgan fingerprint density at radius 3 is 2.52 bits per heavy atom. The van der Waals surface area contributed by atoms with Crippen molar-refractivity contribution in [3.05, 3.63) is 65.2 Å². The summed E-state index contributed by atoms with van der Waals surface area (Å²) in [6.45, 7) is 0. The SMILES string of the molecule is O=C1CC2c3ccccc3C(=O)N2CSc2ccccc21. The van der Waals surface area contributed by atoms with Gasteiger partial charge >= 0.3 is 0 Å². The maximum Gasteiger partial charge on any atom is 0.255 e. The van der Waals surface area contributed by atoms with E-state index < -0.39 is 0 Å². The Labute approximate surface area is 127 Å². The third-order valence-corrected chi connectivity index (χ3v) is 5.19. The van der Waals surface area contributed by atoms with E-state index in [4.69, 9.17) is 0 Å². The highest BCUT2D eigenvalue weighted by molar-refractivity contribution is 7.99. The molecule has 0 saturated carbocycles. The topological polar surface area (TPSA) is 37.4 Å². The largest absolute Gasteiger partial charge is 0.322 e. The standard InChI is InChI=1S/C17H13NO2S/c19-15-9-14-11-5-1-2-6-12(11)17(20)18(14)10-21-16-8-4-3-7-13(15)16/h1-8,14H,9-10H2. The van der Waals surface area contributed by atoms with Gasteiger partial charge in [0.25, 0.3) is 5.91 Å². The molecule has 0 aliphatic carbocycles. The number of amides is 1. The molecule has 4 rings (SSSR count). The minimum atomic E-state index is -0.123. The van der Waals surface area contributed by atoms with Crippen LogP contribution in [0.3, 0.4) is 0 Å². The first-order chi connectivity index (χ1) is 10.3. The lowest BCUT2D eigenvalue weighted by atomic mass is 9.97. The number of rotatable bonds is 0. The first-order valence-electron chi connectivity index (χ1n) is 6.90. The number of fused-ring (bicyclic) bond motifs is 4. The normalized spacial score (nSPS) is 20.4. The van der Waals surface area contributed by atoms with Crippen molar-refractivity contribution in [2.45, 2.75) is 17.4 Å². The molecule has 104 valence electrons. The predicted molar refractivity (Wildman–Crippen MR) is 81.5 cm³/mol. The fourth-order valence-electron chi connectivity index (χ4n) is 3.06. The van der Waals surface area contributed by atoms with Gasteiger partial charge in [0.1, 0.15) is 0 Å². The Balaban J connectivity index is 1.80. The van der Waals surface area contributed by atoms with Crippen LogP contribution in [0.15, 0.2) is 53.4 Å². The van der Waals surface area contributed by atoms with Gasteiger partial charge in [-0.05, 0) is 17.7 Å². The summed E-state index contributed by atoms with van der Waals surface area (Å²) in [5.74, 6) is 0.732. The Hall–Kier alpha value is -2.07. The Morgan fingerprint density at radius 2 is 1.67 bits per heavy atom. The number of benzene rings is 2.